The van der Waals surface area contributed by atoms with Gasteiger partial charge >= 0.3 is 0 Å². The fraction of sp³-hybridized carbons (Fsp3) is 0.448. The van der Waals surface area contributed by atoms with Gasteiger partial charge in [-0.1, -0.05) is 111 Å². The number of benzene rings is 2. The van der Waals surface area contributed by atoms with Gasteiger partial charge in [-0.25, -0.2) is 0 Å². The molecule has 1 N–H and O–H groups in total. The Kier molecular flexibility index (Phi) is 8.95. The Hall–Kier alpha value is -2.56. The summed E-state index contributed by atoms with van der Waals surface area (Å²) in [6, 6.07) is 19.8. The number of aliphatic hydroxyl groups is 1. The van der Waals surface area contributed by atoms with Crippen LogP contribution in [0.1, 0.15) is 69.9 Å². The van der Waals surface area contributed by atoms with E-state index in [0.717, 1.165) is 49.7 Å². The molecule has 0 saturated carbocycles. The average molecular weight is 431 g/mol. The van der Waals surface area contributed by atoms with Gasteiger partial charge in [0.25, 0.3) is 0 Å². The highest BCUT2D eigenvalue weighted by Crippen LogP contribution is 2.41. The maximum absolute atomic E-state index is 11.6. The van der Waals surface area contributed by atoms with Crippen molar-refractivity contribution in [1.29, 1.82) is 0 Å². The Labute approximate surface area is 193 Å². The Balaban J connectivity index is 2.00. The third-order valence-corrected chi connectivity index (χ3v) is 5.64. The zero-order valence-electron chi connectivity index (χ0n) is 19.3. The van der Waals surface area contributed by atoms with Crippen LogP contribution in [0.15, 0.2) is 60.7 Å². The normalized spacial score (nSPS) is 17.5. The molecule has 3 nitrogen and oxygen atoms in total. The first kappa shape index (κ1) is 24.1. The maximum atomic E-state index is 11.6. The van der Waals surface area contributed by atoms with Crippen LogP contribution in [0.3, 0.4) is 0 Å². The molecule has 1 fully saturated rings. The van der Waals surface area contributed by atoms with Crippen molar-refractivity contribution in [2.45, 2.75) is 76.3 Å². The molecule has 1 heterocycles. The van der Waals surface area contributed by atoms with Crippen LogP contribution >= 0.6 is 0 Å². The standard InChI is InChI=1S/C29H34O3/c1-3-5-7-15-22-28(30,23-16-8-6-4-2)27-21-24-31-29(32-27,25-17-11-9-12-18-25)26-19-13-10-14-20-26/h9-14,17-20,27,30H,3-8,21,24H2,1-2H3/t27-/m0/s1. The van der Waals surface area contributed by atoms with Crippen molar-refractivity contribution >= 4 is 0 Å². The molecular weight excluding hydrogens is 396 g/mol. The smallest absolute Gasteiger partial charge is 0.222 e. The van der Waals surface area contributed by atoms with Crippen molar-refractivity contribution in [2.75, 3.05) is 6.61 Å². The molecule has 2 aromatic carbocycles. The third-order valence-electron chi connectivity index (χ3n) is 5.64. The first-order valence-electron chi connectivity index (χ1n) is 11.8. The van der Waals surface area contributed by atoms with E-state index in [0.29, 0.717) is 13.0 Å². The quantitative estimate of drug-likeness (QED) is 0.445. The lowest BCUT2D eigenvalue weighted by molar-refractivity contribution is -0.295. The second-order valence-electron chi connectivity index (χ2n) is 8.17. The lowest BCUT2D eigenvalue weighted by Crippen LogP contribution is -2.52. The van der Waals surface area contributed by atoms with Crippen LogP contribution in [0.25, 0.3) is 0 Å². The first-order valence-corrected chi connectivity index (χ1v) is 11.8. The highest BCUT2D eigenvalue weighted by Gasteiger charge is 2.48. The van der Waals surface area contributed by atoms with Crippen LogP contribution in [-0.2, 0) is 15.3 Å². The Morgan fingerprint density at radius 1 is 0.875 bits per heavy atom. The van der Waals surface area contributed by atoms with E-state index in [4.69, 9.17) is 9.47 Å². The Morgan fingerprint density at radius 2 is 1.38 bits per heavy atom. The van der Waals surface area contributed by atoms with E-state index in [9.17, 15) is 5.11 Å². The van der Waals surface area contributed by atoms with Crippen molar-refractivity contribution in [2.24, 2.45) is 0 Å². The molecule has 3 rings (SSSR count). The molecule has 0 spiro atoms. The SMILES string of the molecule is CCCCC#CC(O)(C#CCCCC)[C@@H]1CCOC(c2ccccc2)(c2ccccc2)O1. The summed E-state index contributed by atoms with van der Waals surface area (Å²) >= 11 is 0. The van der Waals surface area contributed by atoms with Crippen molar-refractivity contribution in [3.8, 4) is 23.7 Å². The van der Waals surface area contributed by atoms with E-state index in [1.807, 2.05) is 60.7 Å². The van der Waals surface area contributed by atoms with Gasteiger partial charge in [0.05, 0.1) is 6.61 Å². The molecule has 0 radical (unpaired) electrons. The van der Waals surface area contributed by atoms with E-state index < -0.39 is 17.5 Å². The molecule has 2 aromatic rings. The highest BCUT2D eigenvalue weighted by molar-refractivity contribution is 5.37. The minimum atomic E-state index is -1.54. The summed E-state index contributed by atoms with van der Waals surface area (Å²) in [4.78, 5) is 0. The lowest BCUT2D eigenvalue weighted by Gasteiger charge is -2.44. The van der Waals surface area contributed by atoms with Gasteiger partial charge in [-0.2, -0.15) is 0 Å². The summed E-state index contributed by atoms with van der Waals surface area (Å²) in [5, 5.41) is 11.6. The van der Waals surface area contributed by atoms with Crippen molar-refractivity contribution in [3.05, 3.63) is 71.8 Å². The average Bonchev–Trinajstić information content (AvgIpc) is 2.86. The number of ether oxygens (including phenoxy) is 2. The van der Waals surface area contributed by atoms with Gasteiger partial charge in [-0.05, 0) is 12.8 Å². The van der Waals surface area contributed by atoms with Crippen molar-refractivity contribution < 1.29 is 14.6 Å². The minimum Gasteiger partial charge on any atom is -0.365 e. The number of unbranched alkanes of at least 4 members (excludes halogenated alkanes) is 4. The van der Waals surface area contributed by atoms with Gasteiger partial charge in [0.2, 0.25) is 11.4 Å². The second kappa shape index (κ2) is 11.9. The van der Waals surface area contributed by atoms with Crippen LogP contribution in [0.2, 0.25) is 0 Å². The van der Waals surface area contributed by atoms with E-state index in [-0.39, 0.29) is 0 Å². The molecule has 3 heteroatoms. The highest BCUT2D eigenvalue weighted by atomic mass is 16.7. The Bertz CT molecular complexity index is 878. The summed E-state index contributed by atoms with van der Waals surface area (Å²) in [5.74, 6) is 11.3. The molecule has 1 saturated heterocycles. The van der Waals surface area contributed by atoms with Crippen molar-refractivity contribution in [3.63, 3.8) is 0 Å². The van der Waals surface area contributed by atoms with Crippen LogP contribution in [0, 0.1) is 23.7 Å². The summed E-state index contributed by atoms with van der Waals surface area (Å²) in [7, 11) is 0. The monoisotopic (exact) mass is 430 g/mol. The zero-order valence-corrected chi connectivity index (χ0v) is 19.3. The zero-order chi connectivity index (χ0) is 22.7. The molecular formula is C29H34O3. The Morgan fingerprint density at radius 3 is 1.84 bits per heavy atom. The van der Waals surface area contributed by atoms with Gasteiger partial charge in [-0.3, -0.25) is 0 Å². The van der Waals surface area contributed by atoms with Gasteiger partial charge in [-0.15, -0.1) is 0 Å². The van der Waals surface area contributed by atoms with E-state index in [1.54, 1.807) is 0 Å². The summed E-state index contributed by atoms with van der Waals surface area (Å²) < 4.78 is 13.0. The van der Waals surface area contributed by atoms with E-state index in [2.05, 4.69) is 37.5 Å². The molecule has 1 atom stereocenters. The van der Waals surface area contributed by atoms with Crippen LogP contribution in [-0.4, -0.2) is 23.4 Å². The lowest BCUT2D eigenvalue weighted by atomic mass is 9.90. The maximum Gasteiger partial charge on any atom is 0.222 e. The topological polar surface area (TPSA) is 38.7 Å². The molecule has 0 aliphatic carbocycles. The second-order valence-corrected chi connectivity index (χ2v) is 8.17. The number of hydrogen-bond donors (Lipinski definition) is 1. The van der Waals surface area contributed by atoms with Gasteiger partial charge in [0.15, 0.2) is 0 Å². The molecule has 0 amide bonds. The number of rotatable bonds is 7. The molecule has 32 heavy (non-hydrogen) atoms. The molecule has 1 aliphatic rings. The summed E-state index contributed by atoms with van der Waals surface area (Å²) in [6.07, 6.45) is 5.52. The molecule has 0 aromatic heterocycles. The van der Waals surface area contributed by atoms with Gasteiger partial charge in [0.1, 0.15) is 6.10 Å². The van der Waals surface area contributed by atoms with Gasteiger partial charge < -0.3 is 14.6 Å². The molecule has 0 unspecified atom stereocenters. The van der Waals surface area contributed by atoms with E-state index >= 15 is 0 Å². The van der Waals surface area contributed by atoms with E-state index in [1.165, 1.54) is 0 Å². The van der Waals surface area contributed by atoms with Crippen LogP contribution in [0.4, 0.5) is 0 Å². The molecule has 168 valence electrons. The number of hydrogen-bond acceptors (Lipinski definition) is 3. The van der Waals surface area contributed by atoms with Crippen LogP contribution < -0.4 is 0 Å². The fourth-order valence-corrected chi connectivity index (χ4v) is 3.80. The predicted molar refractivity (Wildman–Crippen MR) is 129 cm³/mol. The summed E-state index contributed by atoms with van der Waals surface area (Å²) in [6.45, 7) is 4.70. The largest absolute Gasteiger partial charge is 0.365 e. The first-order chi connectivity index (χ1) is 15.6. The molecule has 0 bridgehead atoms. The summed E-state index contributed by atoms with van der Waals surface area (Å²) in [5.41, 5.74) is 0.229. The van der Waals surface area contributed by atoms with Gasteiger partial charge in [0, 0.05) is 30.4 Å². The van der Waals surface area contributed by atoms with Crippen LogP contribution in [0.5, 0.6) is 0 Å². The minimum absolute atomic E-state index is 0.435. The predicted octanol–water partition coefficient (Wildman–Crippen LogP) is 5.81. The van der Waals surface area contributed by atoms with Crippen molar-refractivity contribution in [1.82, 2.24) is 0 Å². The third kappa shape index (κ3) is 5.81. The fourth-order valence-electron chi connectivity index (χ4n) is 3.80. The molecule has 1 aliphatic heterocycles.